The number of nitrogens with one attached hydrogen (secondary N) is 1. The fraction of sp³-hybridized carbons (Fsp3) is 0.429. The summed E-state index contributed by atoms with van der Waals surface area (Å²) in [6.45, 7) is 3.16. The molecule has 0 saturated heterocycles. The molecule has 9 heteroatoms. The molecule has 1 unspecified atom stereocenters. The predicted molar refractivity (Wildman–Crippen MR) is 88.8 cm³/mol. The number of thioether (sulfide) groups is 1. The van der Waals surface area contributed by atoms with Gasteiger partial charge >= 0.3 is 16.1 Å². The number of amides is 1. The van der Waals surface area contributed by atoms with Crippen molar-refractivity contribution in [3.8, 4) is 5.75 Å². The molecule has 0 aliphatic heterocycles. The Balaban J connectivity index is 3.23. The Morgan fingerprint density at radius 1 is 1.39 bits per heavy atom. The average molecular weight is 361 g/mol. The molecule has 128 valence electrons. The molecule has 0 saturated carbocycles. The third kappa shape index (κ3) is 5.43. The SMILES string of the molecule is CCS(=O)(=O)Oc1cccc(C(=O)NC(C)CSC)c1C(=O)O. The molecule has 23 heavy (non-hydrogen) atoms. The molecule has 0 aliphatic rings. The molecule has 1 atom stereocenters. The number of carboxylic acids is 1. The van der Waals surface area contributed by atoms with E-state index in [2.05, 4.69) is 5.32 Å². The van der Waals surface area contributed by atoms with Gasteiger partial charge in [-0.15, -0.1) is 0 Å². The zero-order valence-electron chi connectivity index (χ0n) is 13.0. The van der Waals surface area contributed by atoms with Gasteiger partial charge in [0.25, 0.3) is 5.91 Å². The van der Waals surface area contributed by atoms with Crippen LogP contribution in [0.25, 0.3) is 0 Å². The van der Waals surface area contributed by atoms with Crippen LogP contribution in [0.4, 0.5) is 0 Å². The lowest BCUT2D eigenvalue weighted by Gasteiger charge is -2.15. The zero-order valence-corrected chi connectivity index (χ0v) is 14.7. The van der Waals surface area contributed by atoms with E-state index in [9.17, 15) is 23.1 Å². The van der Waals surface area contributed by atoms with E-state index in [1.165, 1.54) is 36.9 Å². The van der Waals surface area contributed by atoms with Gasteiger partial charge in [0.1, 0.15) is 5.56 Å². The van der Waals surface area contributed by atoms with Crippen molar-refractivity contribution in [3.63, 3.8) is 0 Å². The van der Waals surface area contributed by atoms with Crippen LogP contribution in [-0.2, 0) is 10.1 Å². The lowest BCUT2D eigenvalue weighted by molar-refractivity contribution is 0.0688. The van der Waals surface area contributed by atoms with Crippen LogP contribution in [0.5, 0.6) is 5.75 Å². The molecule has 1 amide bonds. The van der Waals surface area contributed by atoms with Crippen molar-refractivity contribution in [1.29, 1.82) is 0 Å². The first-order chi connectivity index (χ1) is 10.7. The predicted octanol–water partition coefficient (Wildman–Crippen LogP) is 1.59. The molecule has 0 spiro atoms. The van der Waals surface area contributed by atoms with Crippen LogP contribution in [0.3, 0.4) is 0 Å². The number of rotatable bonds is 8. The van der Waals surface area contributed by atoms with Gasteiger partial charge in [0.05, 0.1) is 11.3 Å². The summed E-state index contributed by atoms with van der Waals surface area (Å²) in [5, 5.41) is 12.0. The molecular weight excluding hydrogens is 342 g/mol. The number of aromatic carboxylic acids is 1. The van der Waals surface area contributed by atoms with Gasteiger partial charge in [0.15, 0.2) is 5.75 Å². The molecule has 0 aromatic heterocycles. The first-order valence-corrected chi connectivity index (χ1v) is 9.77. The van der Waals surface area contributed by atoms with E-state index in [4.69, 9.17) is 4.18 Å². The summed E-state index contributed by atoms with van der Waals surface area (Å²) in [6.07, 6.45) is 1.88. The summed E-state index contributed by atoms with van der Waals surface area (Å²) in [5.41, 5.74) is -0.618. The maximum Gasteiger partial charge on any atom is 0.340 e. The van der Waals surface area contributed by atoms with Crippen LogP contribution in [0.15, 0.2) is 18.2 Å². The summed E-state index contributed by atoms with van der Waals surface area (Å²) in [4.78, 5) is 23.7. The van der Waals surface area contributed by atoms with Crippen molar-refractivity contribution in [3.05, 3.63) is 29.3 Å². The second-order valence-electron chi connectivity index (χ2n) is 4.74. The highest BCUT2D eigenvalue weighted by Gasteiger charge is 2.24. The Bertz CT molecular complexity index is 687. The average Bonchev–Trinajstić information content (AvgIpc) is 2.46. The van der Waals surface area contributed by atoms with Crippen LogP contribution in [-0.4, -0.2) is 49.2 Å². The van der Waals surface area contributed by atoms with Crippen molar-refractivity contribution in [2.75, 3.05) is 17.8 Å². The van der Waals surface area contributed by atoms with Gasteiger partial charge in [-0.1, -0.05) is 6.07 Å². The summed E-state index contributed by atoms with van der Waals surface area (Å²) in [5.74, 6) is -2.05. The lowest BCUT2D eigenvalue weighted by atomic mass is 10.1. The van der Waals surface area contributed by atoms with Crippen LogP contribution in [0.1, 0.15) is 34.6 Å². The maximum absolute atomic E-state index is 12.3. The van der Waals surface area contributed by atoms with E-state index in [1.807, 2.05) is 6.26 Å². The molecule has 0 fully saturated rings. The van der Waals surface area contributed by atoms with Gasteiger partial charge in [0, 0.05) is 11.8 Å². The van der Waals surface area contributed by atoms with Gasteiger partial charge in [-0.25, -0.2) is 4.79 Å². The largest absolute Gasteiger partial charge is 0.478 e. The highest BCUT2D eigenvalue weighted by atomic mass is 32.2. The third-order valence-electron chi connectivity index (χ3n) is 2.85. The fourth-order valence-corrected chi connectivity index (χ4v) is 2.91. The molecule has 1 rings (SSSR count). The Morgan fingerprint density at radius 2 is 2.04 bits per heavy atom. The standard InChI is InChI=1S/C14H19NO6S2/c1-4-23(19,20)21-11-7-5-6-10(12(11)14(17)18)13(16)15-9(2)8-22-3/h5-7,9H,4,8H2,1-3H3,(H,15,16)(H,17,18). The first kappa shape index (κ1) is 19.3. The number of carboxylic acid groups (broad SMARTS) is 1. The van der Waals surface area contributed by atoms with E-state index >= 15 is 0 Å². The van der Waals surface area contributed by atoms with Crippen molar-refractivity contribution < 1.29 is 27.3 Å². The van der Waals surface area contributed by atoms with Gasteiger partial charge in [-0.3, -0.25) is 4.79 Å². The van der Waals surface area contributed by atoms with E-state index in [-0.39, 0.29) is 23.1 Å². The Hall–Kier alpha value is -1.74. The summed E-state index contributed by atoms with van der Waals surface area (Å²) >= 11 is 1.54. The van der Waals surface area contributed by atoms with E-state index in [0.29, 0.717) is 5.75 Å². The van der Waals surface area contributed by atoms with Crippen molar-refractivity contribution in [2.45, 2.75) is 19.9 Å². The number of hydrogen-bond donors (Lipinski definition) is 2. The topological polar surface area (TPSA) is 110 Å². The molecule has 0 heterocycles. The summed E-state index contributed by atoms with van der Waals surface area (Å²) < 4.78 is 27.9. The van der Waals surface area contributed by atoms with Crippen molar-refractivity contribution >= 4 is 33.8 Å². The highest BCUT2D eigenvalue weighted by Crippen LogP contribution is 2.24. The second kappa shape index (κ2) is 8.21. The number of benzene rings is 1. The van der Waals surface area contributed by atoms with Crippen LogP contribution >= 0.6 is 11.8 Å². The van der Waals surface area contributed by atoms with Crippen molar-refractivity contribution in [1.82, 2.24) is 5.32 Å². The molecule has 2 N–H and O–H groups in total. The van der Waals surface area contributed by atoms with Crippen LogP contribution < -0.4 is 9.50 Å². The molecule has 0 aliphatic carbocycles. The first-order valence-electron chi connectivity index (χ1n) is 6.80. The van der Waals surface area contributed by atoms with E-state index < -0.39 is 27.6 Å². The number of carbonyl (C=O) groups is 2. The fourth-order valence-electron chi connectivity index (χ4n) is 1.80. The monoisotopic (exact) mass is 361 g/mol. The minimum Gasteiger partial charge on any atom is -0.478 e. The smallest absolute Gasteiger partial charge is 0.340 e. The van der Waals surface area contributed by atoms with Crippen molar-refractivity contribution in [2.24, 2.45) is 0 Å². The summed E-state index contributed by atoms with van der Waals surface area (Å²) in [7, 11) is -3.90. The minimum atomic E-state index is -3.90. The Morgan fingerprint density at radius 3 is 2.57 bits per heavy atom. The zero-order chi connectivity index (χ0) is 17.6. The number of hydrogen-bond acceptors (Lipinski definition) is 6. The highest BCUT2D eigenvalue weighted by molar-refractivity contribution is 7.98. The molecule has 1 aromatic carbocycles. The molecule has 0 bridgehead atoms. The van der Waals surface area contributed by atoms with E-state index in [1.54, 1.807) is 6.92 Å². The van der Waals surface area contributed by atoms with Gasteiger partial charge in [-0.2, -0.15) is 20.2 Å². The summed E-state index contributed by atoms with van der Waals surface area (Å²) in [6, 6.07) is 3.73. The lowest BCUT2D eigenvalue weighted by Crippen LogP contribution is -2.35. The quantitative estimate of drug-likeness (QED) is 0.677. The van der Waals surface area contributed by atoms with Gasteiger partial charge in [0.2, 0.25) is 0 Å². The van der Waals surface area contributed by atoms with Crippen LogP contribution in [0.2, 0.25) is 0 Å². The van der Waals surface area contributed by atoms with Gasteiger partial charge < -0.3 is 14.6 Å². The minimum absolute atomic E-state index is 0.144. The van der Waals surface area contributed by atoms with Crippen LogP contribution in [0, 0.1) is 0 Å². The second-order valence-corrected chi connectivity index (χ2v) is 7.51. The maximum atomic E-state index is 12.3. The van der Waals surface area contributed by atoms with E-state index in [0.717, 1.165) is 0 Å². The molecule has 0 radical (unpaired) electrons. The Labute approximate surface area is 139 Å². The van der Waals surface area contributed by atoms with Gasteiger partial charge in [-0.05, 0) is 32.2 Å². The molecule has 7 nitrogen and oxygen atoms in total. The molecular formula is C14H19NO6S2. The third-order valence-corrected chi connectivity index (χ3v) is 4.82. The number of carbonyl (C=O) groups excluding carboxylic acids is 1. The normalized spacial score (nSPS) is 12.5. The molecule has 1 aromatic rings. The Kier molecular flexibility index (Phi) is 6.89.